The molecule has 3 rings (SSSR count). The zero-order valence-electron chi connectivity index (χ0n) is 12.8. The van der Waals surface area contributed by atoms with Gasteiger partial charge in [-0.05, 0) is 37.6 Å². The van der Waals surface area contributed by atoms with Gasteiger partial charge < -0.3 is 4.74 Å². The van der Waals surface area contributed by atoms with Crippen LogP contribution in [0.4, 0.5) is 0 Å². The molecule has 10 heteroatoms. The molecule has 0 unspecified atom stereocenters. The number of rotatable bonds is 5. The summed E-state index contributed by atoms with van der Waals surface area (Å²) in [5, 5.41) is 12.7. The second kappa shape index (κ2) is 5.87. The van der Waals surface area contributed by atoms with Gasteiger partial charge in [-0.25, -0.2) is 13.1 Å². The van der Waals surface area contributed by atoms with Crippen LogP contribution in [0, 0.1) is 13.8 Å². The second-order valence-corrected chi connectivity index (χ2v) is 7.67. The van der Waals surface area contributed by atoms with Crippen LogP contribution in [0.25, 0.3) is 4.96 Å². The van der Waals surface area contributed by atoms with E-state index in [1.807, 2.05) is 0 Å². The van der Waals surface area contributed by atoms with Crippen molar-refractivity contribution in [3.63, 3.8) is 0 Å². The highest BCUT2D eigenvalue weighted by molar-refractivity contribution is 7.89. The number of fused-ring (bicyclic) bond motifs is 1. The van der Waals surface area contributed by atoms with Crippen LogP contribution in [0.3, 0.4) is 0 Å². The minimum absolute atomic E-state index is 0.0985. The van der Waals surface area contributed by atoms with Crippen LogP contribution in [0.2, 0.25) is 0 Å². The molecule has 8 nitrogen and oxygen atoms in total. The average molecular weight is 353 g/mol. The number of aromatic nitrogens is 4. The minimum atomic E-state index is -3.63. The third-order valence-corrected chi connectivity index (χ3v) is 5.73. The zero-order valence-corrected chi connectivity index (χ0v) is 14.4. The summed E-state index contributed by atoms with van der Waals surface area (Å²) in [7, 11) is -2.09. The number of hydrogen-bond donors (Lipinski definition) is 1. The van der Waals surface area contributed by atoms with E-state index in [1.165, 1.54) is 24.5 Å². The van der Waals surface area contributed by atoms with Gasteiger partial charge in [0.1, 0.15) is 10.8 Å². The highest BCUT2D eigenvalue weighted by Gasteiger charge is 2.18. The summed E-state index contributed by atoms with van der Waals surface area (Å²) in [6, 6.07) is 4.83. The number of methoxy groups -OCH3 is 1. The quantitative estimate of drug-likeness (QED) is 0.742. The first-order valence-electron chi connectivity index (χ1n) is 6.73. The van der Waals surface area contributed by atoms with Crippen LogP contribution < -0.4 is 9.46 Å². The molecular formula is C13H15N5O3S2. The predicted octanol–water partition coefficient (Wildman–Crippen LogP) is 1.29. The number of benzene rings is 1. The molecule has 0 bridgehead atoms. The standard InChI is InChI=1S/C13H15N5O3S2/c1-8-6-10(21-3)4-5-11(8)23(19,20)14-7-12-17-18-9(2)15-16-13(18)22-12/h4-6,14H,7H2,1-3H3. The Balaban J connectivity index is 1.80. The van der Waals surface area contributed by atoms with Crippen LogP contribution in [0.15, 0.2) is 23.1 Å². The van der Waals surface area contributed by atoms with E-state index in [-0.39, 0.29) is 11.4 Å². The smallest absolute Gasteiger partial charge is 0.241 e. The van der Waals surface area contributed by atoms with Crippen LogP contribution in [0.5, 0.6) is 5.75 Å². The number of sulfonamides is 1. The molecule has 1 N–H and O–H groups in total. The van der Waals surface area contributed by atoms with Gasteiger partial charge in [-0.1, -0.05) is 11.3 Å². The van der Waals surface area contributed by atoms with Crippen molar-refractivity contribution in [2.24, 2.45) is 0 Å². The van der Waals surface area contributed by atoms with E-state index >= 15 is 0 Å². The lowest BCUT2D eigenvalue weighted by molar-refractivity contribution is 0.414. The summed E-state index contributed by atoms with van der Waals surface area (Å²) in [5.74, 6) is 1.28. The molecule has 0 fully saturated rings. The first kappa shape index (κ1) is 15.8. The monoisotopic (exact) mass is 353 g/mol. The molecule has 0 aliphatic heterocycles. The Morgan fingerprint density at radius 1 is 1.30 bits per heavy atom. The molecule has 122 valence electrons. The van der Waals surface area contributed by atoms with E-state index in [4.69, 9.17) is 4.74 Å². The SMILES string of the molecule is COc1ccc(S(=O)(=O)NCc2nn3c(C)nnc3s2)c(C)c1. The van der Waals surface area contributed by atoms with Crippen molar-refractivity contribution in [3.05, 3.63) is 34.6 Å². The Bertz CT molecular complexity index is 961. The Hall–Kier alpha value is -2.04. The van der Waals surface area contributed by atoms with Gasteiger partial charge in [-0.2, -0.15) is 9.61 Å². The average Bonchev–Trinajstić information content (AvgIpc) is 3.07. The molecule has 0 amide bonds. The molecule has 0 radical (unpaired) electrons. The Kier molecular flexibility index (Phi) is 4.04. The lowest BCUT2D eigenvalue weighted by Crippen LogP contribution is -2.24. The Morgan fingerprint density at radius 3 is 2.74 bits per heavy atom. The van der Waals surface area contributed by atoms with E-state index in [2.05, 4.69) is 20.0 Å². The molecule has 0 aliphatic carbocycles. The summed E-state index contributed by atoms with van der Waals surface area (Å²) < 4.78 is 34.1. The first-order chi connectivity index (χ1) is 10.9. The van der Waals surface area contributed by atoms with Gasteiger partial charge in [0.25, 0.3) is 0 Å². The summed E-state index contributed by atoms with van der Waals surface area (Å²) in [4.78, 5) is 0.856. The molecule has 3 aromatic rings. The molecule has 0 saturated carbocycles. The predicted molar refractivity (Wildman–Crippen MR) is 85.2 cm³/mol. The van der Waals surface area contributed by atoms with Crippen molar-refractivity contribution in [3.8, 4) is 5.75 Å². The molecule has 0 atom stereocenters. The fourth-order valence-corrected chi connectivity index (χ4v) is 4.23. The molecule has 1 aromatic carbocycles. The van der Waals surface area contributed by atoms with Gasteiger partial charge in [0.2, 0.25) is 15.0 Å². The minimum Gasteiger partial charge on any atom is -0.497 e. The van der Waals surface area contributed by atoms with Crippen LogP contribution in [-0.2, 0) is 16.6 Å². The summed E-state index contributed by atoms with van der Waals surface area (Å²) >= 11 is 1.30. The van der Waals surface area contributed by atoms with Crippen molar-refractivity contribution in [1.82, 2.24) is 24.5 Å². The topological polar surface area (TPSA) is 98.5 Å². The second-order valence-electron chi connectivity index (χ2n) is 4.89. The van der Waals surface area contributed by atoms with Gasteiger partial charge in [0.05, 0.1) is 18.6 Å². The van der Waals surface area contributed by atoms with Crippen molar-refractivity contribution < 1.29 is 13.2 Å². The third-order valence-electron chi connectivity index (χ3n) is 3.27. The lowest BCUT2D eigenvalue weighted by atomic mass is 10.2. The first-order valence-corrected chi connectivity index (χ1v) is 9.03. The number of nitrogens with one attached hydrogen (secondary N) is 1. The van der Waals surface area contributed by atoms with Gasteiger partial charge in [-0.3, -0.25) is 0 Å². The third kappa shape index (κ3) is 3.05. The number of nitrogens with zero attached hydrogens (tertiary/aromatic N) is 4. The molecule has 0 saturated heterocycles. The van der Waals surface area contributed by atoms with Gasteiger partial charge in [0.15, 0.2) is 5.82 Å². The number of hydrogen-bond acceptors (Lipinski definition) is 7. The van der Waals surface area contributed by atoms with E-state index in [0.717, 1.165) is 0 Å². The maximum Gasteiger partial charge on any atom is 0.241 e. The van der Waals surface area contributed by atoms with Gasteiger partial charge >= 0.3 is 0 Å². The van der Waals surface area contributed by atoms with Crippen molar-refractivity contribution >= 4 is 26.3 Å². The fraction of sp³-hybridized carbons (Fsp3) is 0.308. The van der Waals surface area contributed by atoms with Gasteiger partial charge in [0, 0.05) is 0 Å². The highest BCUT2D eigenvalue weighted by atomic mass is 32.2. The van der Waals surface area contributed by atoms with E-state index in [9.17, 15) is 8.42 Å². The summed E-state index contributed by atoms with van der Waals surface area (Å²) in [6.07, 6.45) is 0. The zero-order chi connectivity index (χ0) is 16.6. The lowest BCUT2D eigenvalue weighted by Gasteiger charge is -2.09. The Labute approximate surface area is 137 Å². The van der Waals surface area contributed by atoms with Crippen LogP contribution in [0.1, 0.15) is 16.4 Å². The van der Waals surface area contributed by atoms with Crippen LogP contribution >= 0.6 is 11.3 Å². The van der Waals surface area contributed by atoms with Crippen molar-refractivity contribution in [2.45, 2.75) is 25.3 Å². The maximum atomic E-state index is 12.4. The fourth-order valence-electron chi connectivity index (χ4n) is 2.11. The molecule has 23 heavy (non-hydrogen) atoms. The summed E-state index contributed by atoms with van der Waals surface area (Å²) in [6.45, 7) is 3.61. The summed E-state index contributed by atoms with van der Waals surface area (Å²) in [5.41, 5.74) is 0.617. The van der Waals surface area contributed by atoms with E-state index < -0.39 is 10.0 Å². The number of aryl methyl sites for hydroxylation is 2. The molecular weight excluding hydrogens is 338 g/mol. The Morgan fingerprint density at radius 2 is 2.09 bits per heavy atom. The molecule has 0 aliphatic rings. The molecule has 0 spiro atoms. The van der Waals surface area contributed by atoms with E-state index in [1.54, 1.807) is 30.5 Å². The highest BCUT2D eigenvalue weighted by Crippen LogP contribution is 2.21. The van der Waals surface area contributed by atoms with Crippen molar-refractivity contribution in [1.29, 1.82) is 0 Å². The van der Waals surface area contributed by atoms with Crippen molar-refractivity contribution in [2.75, 3.05) is 7.11 Å². The number of ether oxygens (including phenoxy) is 1. The van der Waals surface area contributed by atoms with Gasteiger partial charge in [-0.15, -0.1) is 10.2 Å². The molecule has 2 heterocycles. The maximum absolute atomic E-state index is 12.4. The van der Waals surface area contributed by atoms with Crippen LogP contribution in [-0.4, -0.2) is 35.3 Å². The normalized spacial score (nSPS) is 12.0. The molecule has 2 aromatic heterocycles. The van der Waals surface area contributed by atoms with E-state index in [0.29, 0.717) is 27.1 Å². The largest absolute Gasteiger partial charge is 0.497 e.